The summed E-state index contributed by atoms with van der Waals surface area (Å²) in [7, 11) is 0. The van der Waals surface area contributed by atoms with Crippen molar-refractivity contribution in [3.63, 3.8) is 0 Å². The zero-order valence-corrected chi connectivity index (χ0v) is 9.29. The normalized spacial score (nSPS) is 11.1. The number of benzene rings is 1. The van der Waals surface area contributed by atoms with E-state index in [9.17, 15) is 4.79 Å². The van der Waals surface area contributed by atoms with E-state index < -0.39 is 0 Å². The number of aromatic nitrogens is 1. The van der Waals surface area contributed by atoms with Crippen LogP contribution in [-0.4, -0.2) is 4.98 Å². The maximum atomic E-state index is 11.0. The van der Waals surface area contributed by atoms with Crippen molar-refractivity contribution in [1.82, 2.24) is 4.98 Å². The molecule has 85 valence electrons. The number of H-pyrrole nitrogens is 1. The van der Waals surface area contributed by atoms with Crippen LogP contribution in [0.2, 0.25) is 0 Å². The van der Waals surface area contributed by atoms with Crippen molar-refractivity contribution in [3.05, 3.63) is 41.2 Å². The molecule has 1 heterocycles. The Morgan fingerprint density at radius 1 is 1.25 bits per heavy atom. The lowest BCUT2D eigenvalue weighted by Gasteiger charge is -2.00. The number of aromatic amines is 1. The second kappa shape index (κ2) is 5.01. The Bertz CT molecular complexity index is 510. The molecule has 0 fully saturated rings. The molecule has 1 radical (unpaired) electrons. The molecule has 3 nitrogen and oxygen atoms in total. The van der Waals surface area contributed by atoms with E-state index in [1.165, 1.54) is 24.8 Å². The van der Waals surface area contributed by atoms with E-state index >= 15 is 0 Å². The van der Waals surface area contributed by atoms with Gasteiger partial charge in [-0.1, -0.05) is 32.3 Å². The van der Waals surface area contributed by atoms with Crippen molar-refractivity contribution in [1.29, 1.82) is 0 Å². The van der Waals surface area contributed by atoms with Gasteiger partial charge < -0.3 is 4.42 Å². The van der Waals surface area contributed by atoms with Gasteiger partial charge in [-0.3, -0.25) is 4.98 Å². The van der Waals surface area contributed by atoms with Crippen LogP contribution in [0.4, 0.5) is 0 Å². The summed E-state index contributed by atoms with van der Waals surface area (Å²) in [6, 6.07) is 5.86. The highest BCUT2D eigenvalue weighted by molar-refractivity contribution is 5.72. The number of rotatable bonds is 5. The number of hydrogen-bond donors (Lipinski definition) is 1. The standard InChI is InChI=1S/C13H16NO2/c1-2-3-4-5-6-10-7-8-12-11(9-10)14-13(15)16-12/h7-9H,1-6H2,(H,14,15). The van der Waals surface area contributed by atoms with E-state index in [0.29, 0.717) is 5.58 Å². The van der Waals surface area contributed by atoms with Crippen LogP contribution < -0.4 is 5.76 Å². The van der Waals surface area contributed by atoms with Gasteiger partial charge in [-0.2, -0.15) is 0 Å². The predicted molar refractivity (Wildman–Crippen MR) is 64.4 cm³/mol. The minimum atomic E-state index is -0.385. The van der Waals surface area contributed by atoms with Gasteiger partial charge in [0.2, 0.25) is 0 Å². The van der Waals surface area contributed by atoms with Crippen LogP contribution in [-0.2, 0) is 6.42 Å². The highest BCUT2D eigenvalue weighted by atomic mass is 16.4. The van der Waals surface area contributed by atoms with Crippen LogP contribution >= 0.6 is 0 Å². The van der Waals surface area contributed by atoms with E-state index in [1.54, 1.807) is 0 Å². The fourth-order valence-electron chi connectivity index (χ4n) is 1.84. The maximum Gasteiger partial charge on any atom is 0.417 e. The third-order valence-corrected chi connectivity index (χ3v) is 2.70. The Hall–Kier alpha value is -1.51. The molecule has 1 N–H and O–H groups in total. The first-order chi connectivity index (χ1) is 7.79. The van der Waals surface area contributed by atoms with Crippen molar-refractivity contribution in [3.8, 4) is 0 Å². The smallest absolute Gasteiger partial charge is 0.408 e. The van der Waals surface area contributed by atoms with Crippen molar-refractivity contribution in [2.24, 2.45) is 0 Å². The van der Waals surface area contributed by atoms with E-state index in [0.717, 1.165) is 18.4 Å². The Kier molecular flexibility index (Phi) is 3.44. The maximum absolute atomic E-state index is 11.0. The number of fused-ring (bicyclic) bond motifs is 1. The lowest BCUT2D eigenvalue weighted by atomic mass is 10.1. The lowest BCUT2D eigenvalue weighted by Crippen LogP contribution is -1.93. The van der Waals surface area contributed by atoms with Crippen molar-refractivity contribution < 1.29 is 4.42 Å². The fourth-order valence-corrected chi connectivity index (χ4v) is 1.84. The third-order valence-electron chi connectivity index (χ3n) is 2.70. The molecular formula is C13H16NO2. The quantitative estimate of drug-likeness (QED) is 0.784. The largest absolute Gasteiger partial charge is 0.417 e. The van der Waals surface area contributed by atoms with Gasteiger partial charge in [0.15, 0.2) is 5.58 Å². The molecule has 3 heteroatoms. The topological polar surface area (TPSA) is 46.0 Å². The summed E-state index contributed by atoms with van der Waals surface area (Å²) in [5.74, 6) is -0.385. The van der Waals surface area contributed by atoms with Gasteiger partial charge in [-0.25, -0.2) is 4.79 Å². The van der Waals surface area contributed by atoms with E-state index in [2.05, 4.69) is 11.9 Å². The van der Waals surface area contributed by atoms with Crippen LogP contribution in [0.15, 0.2) is 27.4 Å². The second-order valence-corrected chi connectivity index (χ2v) is 4.01. The summed E-state index contributed by atoms with van der Waals surface area (Å²) >= 11 is 0. The molecule has 0 unspecified atom stereocenters. The molecule has 1 aromatic carbocycles. The highest BCUT2D eigenvalue weighted by Crippen LogP contribution is 2.14. The van der Waals surface area contributed by atoms with E-state index in [4.69, 9.17) is 4.42 Å². The summed E-state index contributed by atoms with van der Waals surface area (Å²) in [5.41, 5.74) is 2.67. The molecule has 0 aliphatic carbocycles. The first kappa shape index (κ1) is 11.0. The Labute approximate surface area is 94.5 Å². The van der Waals surface area contributed by atoms with Gasteiger partial charge in [0, 0.05) is 0 Å². The van der Waals surface area contributed by atoms with Crippen molar-refractivity contribution in [2.45, 2.75) is 32.1 Å². The average molecular weight is 218 g/mol. The molecule has 0 amide bonds. The van der Waals surface area contributed by atoms with Crippen LogP contribution in [0.3, 0.4) is 0 Å². The van der Waals surface area contributed by atoms with Gasteiger partial charge in [-0.15, -0.1) is 0 Å². The summed E-state index contributed by atoms with van der Waals surface area (Å²) in [4.78, 5) is 13.6. The molecular weight excluding hydrogens is 202 g/mol. The molecule has 0 aliphatic heterocycles. The SMILES string of the molecule is [CH2]CCCCCc1ccc2oc(=O)[nH]c2c1. The molecule has 0 saturated heterocycles. The summed E-state index contributed by atoms with van der Waals surface area (Å²) in [5, 5.41) is 0. The monoisotopic (exact) mass is 218 g/mol. The van der Waals surface area contributed by atoms with Crippen molar-refractivity contribution >= 4 is 11.1 Å². The van der Waals surface area contributed by atoms with Crippen LogP contribution in [0, 0.1) is 6.92 Å². The number of aryl methyl sites for hydroxylation is 1. The Balaban J connectivity index is 2.04. The molecule has 16 heavy (non-hydrogen) atoms. The number of nitrogens with one attached hydrogen (secondary N) is 1. The predicted octanol–water partition coefficient (Wildman–Crippen LogP) is 3.06. The van der Waals surface area contributed by atoms with Gasteiger partial charge in [0.25, 0.3) is 0 Å². The first-order valence-electron chi connectivity index (χ1n) is 5.70. The molecule has 2 aromatic rings. The summed E-state index contributed by atoms with van der Waals surface area (Å²) < 4.78 is 4.95. The second-order valence-electron chi connectivity index (χ2n) is 4.01. The number of hydrogen-bond acceptors (Lipinski definition) is 2. The number of oxazole rings is 1. The van der Waals surface area contributed by atoms with Crippen LogP contribution in [0.5, 0.6) is 0 Å². The molecule has 0 saturated carbocycles. The minimum Gasteiger partial charge on any atom is -0.408 e. The molecule has 0 spiro atoms. The van der Waals surface area contributed by atoms with Crippen LogP contribution in [0.1, 0.15) is 31.2 Å². The lowest BCUT2D eigenvalue weighted by molar-refractivity contribution is 0.555. The van der Waals surface area contributed by atoms with Gasteiger partial charge in [0.1, 0.15) is 0 Å². The Morgan fingerprint density at radius 3 is 2.94 bits per heavy atom. The number of unbranched alkanes of at least 4 members (excludes halogenated alkanes) is 3. The van der Waals surface area contributed by atoms with E-state index in [-0.39, 0.29) is 5.76 Å². The first-order valence-corrected chi connectivity index (χ1v) is 5.70. The van der Waals surface area contributed by atoms with E-state index in [1.807, 2.05) is 18.2 Å². The van der Waals surface area contributed by atoms with Gasteiger partial charge in [-0.05, 0) is 30.5 Å². The zero-order valence-electron chi connectivity index (χ0n) is 9.29. The highest BCUT2D eigenvalue weighted by Gasteiger charge is 2.01. The molecule has 2 rings (SSSR count). The van der Waals surface area contributed by atoms with Crippen LogP contribution in [0.25, 0.3) is 11.1 Å². The molecule has 0 aliphatic rings. The molecule has 0 bridgehead atoms. The van der Waals surface area contributed by atoms with Gasteiger partial charge in [0.05, 0.1) is 5.52 Å². The summed E-state index contributed by atoms with van der Waals surface area (Å²) in [6.07, 6.45) is 5.62. The molecule has 1 aromatic heterocycles. The van der Waals surface area contributed by atoms with Gasteiger partial charge >= 0.3 is 5.76 Å². The summed E-state index contributed by atoms with van der Waals surface area (Å²) in [6.45, 7) is 3.82. The van der Waals surface area contributed by atoms with Crippen molar-refractivity contribution in [2.75, 3.05) is 0 Å². The molecule has 0 atom stereocenters. The third kappa shape index (κ3) is 2.54. The minimum absolute atomic E-state index is 0.385. The fraction of sp³-hybridized carbons (Fsp3) is 0.385. The Morgan fingerprint density at radius 2 is 2.12 bits per heavy atom. The zero-order chi connectivity index (χ0) is 11.4. The average Bonchev–Trinajstić information content (AvgIpc) is 2.64.